The van der Waals surface area contributed by atoms with Crippen LogP contribution in [0.3, 0.4) is 0 Å². The van der Waals surface area contributed by atoms with Crippen molar-refractivity contribution in [2.45, 2.75) is 44.4 Å². The highest BCUT2D eigenvalue weighted by Crippen LogP contribution is 2.29. The molecule has 0 amide bonds. The maximum absolute atomic E-state index is 12.6. The number of pyridine rings is 1. The van der Waals surface area contributed by atoms with Crippen molar-refractivity contribution in [1.82, 2.24) is 4.98 Å². The molecule has 2 heterocycles. The molecule has 0 spiro atoms. The van der Waals surface area contributed by atoms with Crippen molar-refractivity contribution in [3.63, 3.8) is 0 Å². The first kappa shape index (κ1) is 17.0. The van der Waals surface area contributed by atoms with Gasteiger partial charge in [-0.1, -0.05) is 19.9 Å². The number of rotatable bonds is 3. The van der Waals surface area contributed by atoms with E-state index in [1.165, 1.54) is 6.07 Å². The van der Waals surface area contributed by atoms with E-state index in [0.717, 1.165) is 12.1 Å². The van der Waals surface area contributed by atoms with Crippen LogP contribution >= 0.6 is 0 Å². The summed E-state index contributed by atoms with van der Waals surface area (Å²) in [6, 6.07) is 3.24. The van der Waals surface area contributed by atoms with Crippen LogP contribution in [0.1, 0.15) is 19.5 Å². The average Bonchev–Trinajstić information content (AvgIpc) is 2.43. The van der Waals surface area contributed by atoms with Crippen LogP contribution in [0.2, 0.25) is 0 Å². The number of hydrogen-bond donors (Lipinski definition) is 2. The Hall–Kier alpha value is -1.38. The fraction of sp³-hybridized carbons (Fsp3) is 0.643. The summed E-state index contributed by atoms with van der Waals surface area (Å²) in [4.78, 5) is 3.36. The van der Waals surface area contributed by atoms with Gasteiger partial charge in [-0.05, 0) is 12.0 Å². The number of halogens is 3. The first-order valence-corrected chi connectivity index (χ1v) is 6.89. The monoisotopic (exact) mass is 321 g/mol. The Morgan fingerprint density at radius 2 is 1.95 bits per heavy atom. The van der Waals surface area contributed by atoms with Gasteiger partial charge in [-0.15, -0.1) is 0 Å². The predicted molar refractivity (Wildman–Crippen MR) is 70.2 cm³/mol. The Morgan fingerprint density at radius 1 is 1.27 bits per heavy atom. The summed E-state index contributed by atoms with van der Waals surface area (Å²) in [5.74, 6) is -0.296. The molecule has 0 saturated carbocycles. The zero-order chi connectivity index (χ0) is 16.5. The van der Waals surface area contributed by atoms with E-state index in [4.69, 9.17) is 9.47 Å². The Bertz CT molecular complexity index is 509. The van der Waals surface area contributed by atoms with Crippen molar-refractivity contribution in [3.05, 3.63) is 23.9 Å². The molecule has 5 nitrogen and oxygen atoms in total. The average molecular weight is 321 g/mol. The van der Waals surface area contributed by atoms with Gasteiger partial charge in [-0.3, -0.25) is 0 Å². The van der Waals surface area contributed by atoms with Crippen molar-refractivity contribution in [1.29, 1.82) is 0 Å². The van der Waals surface area contributed by atoms with E-state index in [2.05, 4.69) is 4.98 Å². The molecule has 22 heavy (non-hydrogen) atoms. The highest BCUT2D eigenvalue weighted by Gasteiger charge is 2.41. The van der Waals surface area contributed by atoms with Crippen LogP contribution in [-0.4, -0.2) is 46.2 Å². The van der Waals surface area contributed by atoms with E-state index < -0.39 is 36.3 Å². The van der Waals surface area contributed by atoms with Gasteiger partial charge in [-0.25, -0.2) is 4.98 Å². The van der Waals surface area contributed by atoms with Crippen LogP contribution in [0.25, 0.3) is 0 Å². The summed E-state index contributed by atoms with van der Waals surface area (Å²) in [6.07, 6.45) is -8.56. The number of aliphatic hydroxyl groups is 2. The molecule has 2 rings (SSSR count). The van der Waals surface area contributed by atoms with Gasteiger partial charge in [0, 0.05) is 6.07 Å². The van der Waals surface area contributed by atoms with E-state index in [9.17, 15) is 23.4 Å². The smallest absolute Gasteiger partial charge is 0.433 e. The van der Waals surface area contributed by atoms with Crippen LogP contribution < -0.4 is 4.74 Å². The lowest BCUT2D eigenvalue weighted by molar-refractivity contribution is -0.191. The summed E-state index contributed by atoms with van der Waals surface area (Å²) in [5.41, 5.74) is -1.09. The van der Waals surface area contributed by atoms with Gasteiger partial charge in [0.25, 0.3) is 0 Å². The molecule has 2 N–H and O–H groups in total. The first-order valence-electron chi connectivity index (χ1n) is 6.89. The standard InChI is InChI=1S/C14H18F3NO4/c1-7(2)13-12(20)11(19)8(6-21-13)22-10-5-3-4-9(18-10)14(15,16)17/h3-5,7-8,11-13,19-20H,6H2,1-2H3. The number of aromatic nitrogens is 1. The Balaban J connectivity index is 2.09. The number of hydrogen-bond acceptors (Lipinski definition) is 5. The quantitative estimate of drug-likeness (QED) is 0.885. The summed E-state index contributed by atoms with van der Waals surface area (Å²) in [6.45, 7) is 3.62. The third-order valence-electron chi connectivity index (χ3n) is 3.46. The molecular weight excluding hydrogens is 303 g/mol. The number of aliphatic hydroxyl groups excluding tert-OH is 2. The maximum Gasteiger partial charge on any atom is 0.433 e. The van der Waals surface area contributed by atoms with Gasteiger partial charge < -0.3 is 19.7 Å². The number of nitrogens with zero attached hydrogens (tertiary/aromatic N) is 1. The zero-order valence-corrected chi connectivity index (χ0v) is 12.1. The zero-order valence-electron chi connectivity index (χ0n) is 12.1. The van der Waals surface area contributed by atoms with Crippen LogP contribution in [0.5, 0.6) is 5.88 Å². The number of alkyl halides is 3. The van der Waals surface area contributed by atoms with Crippen molar-refractivity contribution in [2.24, 2.45) is 5.92 Å². The molecule has 124 valence electrons. The number of ether oxygens (including phenoxy) is 2. The maximum atomic E-state index is 12.6. The predicted octanol–water partition coefficient (Wildman–Crippen LogP) is 1.62. The SMILES string of the molecule is CC(C)C1OCC(Oc2cccc(C(F)(F)F)n2)C(O)C1O. The lowest BCUT2D eigenvalue weighted by Crippen LogP contribution is -2.56. The third kappa shape index (κ3) is 3.68. The van der Waals surface area contributed by atoms with Gasteiger partial charge in [0.15, 0.2) is 6.10 Å². The third-order valence-corrected chi connectivity index (χ3v) is 3.46. The van der Waals surface area contributed by atoms with Crippen LogP contribution in [0, 0.1) is 5.92 Å². The van der Waals surface area contributed by atoms with Crippen LogP contribution in [0.4, 0.5) is 13.2 Å². The summed E-state index contributed by atoms with van der Waals surface area (Å²) >= 11 is 0. The lowest BCUT2D eigenvalue weighted by Gasteiger charge is -2.39. The molecule has 0 bridgehead atoms. The molecule has 0 aliphatic carbocycles. The van der Waals surface area contributed by atoms with E-state index in [1.54, 1.807) is 0 Å². The minimum atomic E-state index is -4.58. The van der Waals surface area contributed by atoms with Crippen LogP contribution in [0.15, 0.2) is 18.2 Å². The Kier molecular flexibility index (Phi) is 4.93. The topological polar surface area (TPSA) is 71.8 Å². The lowest BCUT2D eigenvalue weighted by atomic mass is 9.92. The first-order chi connectivity index (χ1) is 10.2. The summed E-state index contributed by atoms with van der Waals surface area (Å²) in [5, 5.41) is 20.0. The van der Waals surface area contributed by atoms with E-state index in [1.807, 2.05) is 13.8 Å². The molecule has 4 atom stereocenters. The normalized spacial score (nSPS) is 29.6. The fourth-order valence-corrected chi connectivity index (χ4v) is 2.30. The van der Waals surface area contributed by atoms with E-state index in [-0.39, 0.29) is 18.4 Å². The van der Waals surface area contributed by atoms with E-state index >= 15 is 0 Å². The molecular formula is C14H18F3NO4. The molecule has 0 radical (unpaired) electrons. The van der Waals surface area contributed by atoms with Gasteiger partial charge in [0.2, 0.25) is 5.88 Å². The minimum Gasteiger partial charge on any atom is -0.469 e. The molecule has 1 aromatic rings. The Morgan fingerprint density at radius 3 is 2.55 bits per heavy atom. The van der Waals surface area contributed by atoms with Gasteiger partial charge in [-0.2, -0.15) is 13.2 Å². The van der Waals surface area contributed by atoms with Crippen molar-refractivity contribution >= 4 is 0 Å². The fourth-order valence-electron chi connectivity index (χ4n) is 2.30. The molecule has 1 fully saturated rings. The molecule has 0 aromatic carbocycles. The molecule has 4 unspecified atom stereocenters. The minimum absolute atomic E-state index is 0.0164. The summed E-state index contributed by atoms with van der Waals surface area (Å²) < 4.78 is 48.5. The van der Waals surface area contributed by atoms with Gasteiger partial charge in [0.05, 0.1) is 12.7 Å². The Labute approximate surface area is 125 Å². The van der Waals surface area contributed by atoms with Crippen LogP contribution in [-0.2, 0) is 10.9 Å². The van der Waals surface area contributed by atoms with Crippen molar-refractivity contribution in [3.8, 4) is 5.88 Å². The van der Waals surface area contributed by atoms with Gasteiger partial charge >= 0.3 is 6.18 Å². The largest absolute Gasteiger partial charge is 0.469 e. The highest BCUT2D eigenvalue weighted by molar-refractivity contribution is 5.18. The van der Waals surface area contributed by atoms with Crippen molar-refractivity contribution in [2.75, 3.05) is 6.61 Å². The molecule has 1 saturated heterocycles. The second-order valence-electron chi connectivity index (χ2n) is 5.54. The molecule has 8 heteroatoms. The second-order valence-corrected chi connectivity index (χ2v) is 5.54. The van der Waals surface area contributed by atoms with Crippen molar-refractivity contribution < 1.29 is 32.9 Å². The second kappa shape index (κ2) is 6.39. The summed E-state index contributed by atoms with van der Waals surface area (Å²) in [7, 11) is 0. The molecule has 1 aliphatic rings. The molecule has 1 aromatic heterocycles. The highest BCUT2D eigenvalue weighted by atomic mass is 19.4. The molecule has 1 aliphatic heterocycles. The van der Waals surface area contributed by atoms with E-state index in [0.29, 0.717) is 0 Å². The van der Waals surface area contributed by atoms with Gasteiger partial charge in [0.1, 0.15) is 17.9 Å².